The highest BCUT2D eigenvalue weighted by molar-refractivity contribution is 5.89. The Bertz CT molecular complexity index is 1320. The van der Waals surface area contributed by atoms with Gasteiger partial charge < -0.3 is 28.5 Å². The van der Waals surface area contributed by atoms with Gasteiger partial charge in [0.25, 0.3) is 11.4 Å². The summed E-state index contributed by atoms with van der Waals surface area (Å²) in [4.78, 5) is 22.4. The second-order valence-electron chi connectivity index (χ2n) is 7.98. The molecule has 0 aliphatic carbocycles. The second-order valence-corrected chi connectivity index (χ2v) is 7.98. The molecule has 0 bridgehead atoms. The van der Waals surface area contributed by atoms with Gasteiger partial charge >= 0.3 is 6.36 Å². The Morgan fingerprint density at radius 3 is 2.66 bits per heavy atom. The molecule has 2 aromatic heterocycles. The first-order valence-corrected chi connectivity index (χ1v) is 11.0. The number of benzene rings is 1. The Hall–Kier alpha value is -3.78. The lowest BCUT2D eigenvalue weighted by Crippen LogP contribution is -2.50. The normalized spacial score (nSPS) is 18.3. The zero-order chi connectivity index (χ0) is 25.2. The molecule has 11 heteroatoms. The standard InChI is InChI=1S/C24H23F3N4O4/c1-4-33-20-14-31(18-13-22(32)30(3)17-8-9-21(28-2)29-23(17)18)11-10-19(20)34-15-6-5-7-16(12-15)35-24(25,26)27/h5-9,12-13,19-20H,4,10-11,14H2,1,3H3/t19-,20-/m0/s1. The number of aryl methyl sites for hydroxylation is 1. The predicted octanol–water partition coefficient (Wildman–Crippen LogP) is 4.45. The molecule has 0 radical (unpaired) electrons. The third-order valence-corrected chi connectivity index (χ3v) is 5.72. The topological polar surface area (TPSA) is 70.2 Å². The van der Waals surface area contributed by atoms with Gasteiger partial charge in [-0.15, -0.1) is 18.2 Å². The van der Waals surface area contributed by atoms with Gasteiger partial charge in [-0.2, -0.15) is 0 Å². The Morgan fingerprint density at radius 2 is 1.94 bits per heavy atom. The van der Waals surface area contributed by atoms with Crippen molar-refractivity contribution in [2.75, 3.05) is 24.6 Å². The molecule has 1 saturated heterocycles. The van der Waals surface area contributed by atoms with Gasteiger partial charge in [-0.05, 0) is 31.2 Å². The van der Waals surface area contributed by atoms with Crippen LogP contribution in [-0.2, 0) is 11.8 Å². The molecule has 35 heavy (non-hydrogen) atoms. The number of hydrogen-bond donors (Lipinski definition) is 0. The Labute approximate surface area is 199 Å². The van der Waals surface area contributed by atoms with Crippen LogP contribution < -0.4 is 19.9 Å². The summed E-state index contributed by atoms with van der Waals surface area (Å²) in [5.41, 5.74) is 1.52. The summed E-state index contributed by atoms with van der Waals surface area (Å²) in [5.74, 6) is 0.0870. The number of anilines is 1. The first kappa shape index (κ1) is 24.3. The van der Waals surface area contributed by atoms with Crippen LogP contribution in [0.15, 0.2) is 47.3 Å². The van der Waals surface area contributed by atoms with Crippen molar-refractivity contribution in [3.63, 3.8) is 0 Å². The lowest BCUT2D eigenvalue weighted by atomic mass is 10.0. The third-order valence-electron chi connectivity index (χ3n) is 5.72. The van der Waals surface area contributed by atoms with Crippen LogP contribution in [0, 0.1) is 6.57 Å². The van der Waals surface area contributed by atoms with E-state index in [9.17, 15) is 18.0 Å². The maximum Gasteiger partial charge on any atom is 0.573 e. The third kappa shape index (κ3) is 5.49. The van der Waals surface area contributed by atoms with Crippen LogP contribution in [0.5, 0.6) is 11.5 Å². The minimum Gasteiger partial charge on any atom is -0.487 e. The van der Waals surface area contributed by atoms with E-state index < -0.39 is 18.6 Å². The molecular formula is C24H23F3N4O4. The zero-order valence-electron chi connectivity index (χ0n) is 19.1. The van der Waals surface area contributed by atoms with Crippen LogP contribution in [0.1, 0.15) is 13.3 Å². The first-order valence-electron chi connectivity index (χ1n) is 11.0. The monoisotopic (exact) mass is 488 g/mol. The Morgan fingerprint density at radius 1 is 1.17 bits per heavy atom. The number of fused-ring (bicyclic) bond motifs is 1. The lowest BCUT2D eigenvalue weighted by molar-refractivity contribution is -0.274. The largest absolute Gasteiger partial charge is 0.573 e. The van der Waals surface area contributed by atoms with Gasteiger partial charge in [-0.3, -0.25) is 4.79 Å². The molecule has 1 aliphatic heterocycles. The smallest absolute Gasteiger partial charge is 0.487 e. The van der Waals surface area contributed by atoms with Gasteiger partial charge in [0.2, 0.25) is 5.52 Å². The van der Waals surface area contributed by atoms with Crippen molar-refractivity contribution in [1.82, 2.24) is 9.55 Å². The predicted molar refractivity (Wildman–Crippen MR) is 123 cm³/mol. The van der Waals surface area contributed by atoms with Gasteiger partial charge in [-0.1, -0.05) is 12.6 Å². The minimum atomic E-state index is -4.80. The van der Waals surface area contributed by atoms with E-state index in [1.54, 1.807) is 25.2 Å². The van der Waals surface area contributed by atoms with Crippen molar-refractivity contribution in [2.24, 2.45) is 7.05 Å². The Kier molecular flexibility index (Phi) is 6.84. The number of piperidine rings is 1. The van der Waals surface area contributed by atoms with E-state index in [1.807, 2.05) is 11.8 Å². The highest BCUT2D eigenvalue weighted by atomic mass is 19.4. The van der Waals surface area contributed by atoms with E-state index in [-0.39, 0.29) is 22.9 Å². The van der Waals surface area contributed by atoms with Gasteiger partial charge in [0, 0.05) is 45.3 Å². The molecule has 3 aromatic rings. The lowest BCUT2D eigenvalue weighted by Gasteiger charge is -2.39. The van der Waals surface area contributed by atoms with Crippen molar-refractivity contribution in [3.8, 4) is 11.5 Å². The number of ether oxygens (including phenoxy) is 3. The van der Waals surface area contributed by atoms with Gasteiger partial charge in [0.15, 0.2) is 0 Å². The number of rotatable bonds is 6. The van der Waals surface area contributed by atoms with Gasteiger partial charge in [0.05, 0.1) is 11.2 Å². The summed E-state index contributed by atoms with van der Waals surface area (Å²) in [5, 5.41) is 0. The fourth-order valence-electron chi connectivity index (χ4n) is 4.15. The average molecular weight is 488 g/mol. The van der Waals surface area contributed by atoms with Gasteiger partial charge in [-0.25, -0.2) is 0 Å². The summed E-state index contributed by atoms with van der Waals surface area (Å²) >= 11 is 0. The highest BCUT2D eigenvalue weighted by Gasteiger charge is 2.34. The number of halogens is 3. The molecule has 8 nitrogen and oxygen atoms in total. The number of pyridine rings is 2. The average Bonchev–Trinajstić information content (AvgIpc) is 2.81. The second kappa shape index (κ2) is 9.84. The quantitative estimate of drug-likeness (QED) is 0.478. The zero-order valence-corrected chi connectivity index (χ0v) is 19.1. The van der Waals surface area contributed by atoms with E-state index in [2.05, 4.69) is 14.6 Å². The fraction of sp³-hybridized carbons (Fsp3) is 0.375. The molecule has 0 spiro atoms. The van der Waals surface area contributed by atoms with Crippen LogP contribution in [0.4, 0.5) is 24.7 Å². The summed E-state index contributed by atoms with van der Waals surface area (Å²) in [6.07, 6.45) is -5.18. The number of nitrogens with zero attached hydrogens (tertiary/aromatic N) is 4. The molecular weight excluding hydrogens is 465 g/mol. The van der Waals surface area contributed by atoms with E-state index in [0.717, 1.165) is 0 Å². The summed E-state index contributed by atoms with van der Waals surface area (Å²) in [6.45, 7) is 10.4. The van der Waals surface area contributed by atoms with Gasteiger partial charge in [0.1, 0.15) is 23.7 Å². The number of aromatic nitrogens is 2. The molecule has 0 saturated carbocycles. The van der Waals surface area contributed by atoms with Crippen LogP contribution >= 0.6 is 0 Å². The van der Waals surface area contributed by atoms with Crippen molar-refractivity contribution in [2.45, 2.75) is 31.9 Å². The molecule has 1 fully saturated rings. The van der Waals surface area contributed by atoms with Crippen LogP contribution in [0.3, 0.4) is 0 Å². The van der Waals surface area contributed by atoms with Crippen LogP contribution in [0.2, 0.25) is 0 Å². The molecule has 0 N–H and O–H groups in total. The van der Waals surface area contributed by atoms with Crippen LogP contribution in [0.25, 0.3) is 15.9 Å². The summed E-state index contributed by atoms with van der Waals surface area (Å²) in [6, 6.07) is 10.1. The summed E-state index contributed by atoms with van der Waals surface area (Å²) < 4.78 is 55.1. The van der Waals surface area contributed by atoms with E-state index >= 15 is 0 Å². The molecule has 4 rings (SSSR count). The summed E-state index contributed by atoms with van der Waals surface area (Å²) in [7, 11) is 1.65. The van der Waals surface area contributed by atoms with E-state index in [1.165, 1.54) is 28.8 Å². The van der Waals surface area contributed by atoms with Crippen molar-refractivity contribution in [1.29, 1.82) is 0 Å². The molecule has 1 aliphatic rings. The molecule has 3 heterocycles. The van der Waals surface area contributed by atoms with E-state index in [4.69, 9.17) is 16.0 Å². The Balaban J connectivity index is 1.60. The van der Waals surface area contributed by atoms with Crippen molar-refractivity contribution in [3.05, 3.63) is 64.2 Å². The maximum absolute atomic E-state index is 12.6. The van der Waals surface area contributed by atoms with E-state index in [0.29, 0.717) is 42.8 Å². The molecule has 2 atom stereocenters. The fourth-order valence-corrected chi connectivity index (χ4v) is 4.15. The van der Waals surface area contributed by atoms with Crippen molar-refractivity contribution >= 4 is 22.5 Å². The highest BCUT2D eigenvalue weighted by Crippen LogP contribution is 2.31. The molecule has 1 aromatic carbocycles. The van der Waals surface area contributed by atoms with Crippen LogP contribution in [-0.4, -0.2) is 47.8 Å². The minimum absolute atomic E-state index is 0.210. The maximum atomic E-state index is 12.6. The SMILES string of the molecule is [C-]#[N+]c1ccc2c(n1)c(N1CC[C@H](Oc3cccc(OC(F)(F)F)c3)[C@@H](OCC)C1)cc(=O)n2C. The number of hydrogen-bond acceptors (Lipinski definition) is 6. The van der Waals surface area contributed by atoms with Crippen molar-refractivity contribution < 1.29 is 27.4 Å². The first-order chi connectivity index (χ1) is 16.7. The molecule has 0 amide bonds. The molecule has 184 valence electrons. The number of alkyl halides is 3. The molecule has 0 unspecified atom stereocenters.